The van der Waals surface area contributed by atoms with E-state index in [2.05, 4.69) is 11.2 Å². The van der Waals surface area contributed by atoms with Crippen molar-refractivity contribution in [2.75, 3.05) is 5.32 Å². The fourth-order valence-electron chi connectivity index (χ4n) is 1.19. The van der Waals surface area contributed by atoms with E-state index < -0.39 is 17.5 Å². The Labute approximate surface area is 100.0 Å². The van der Waals surface area contributed by atoms with Gasteiger partial charge in [0.2, 0.25) is 0 Å². The Morgan fingerprint density at radius 2 is 2.12 bits per heavy atom. The Hall–Kier alpha value is -2.02. The summed E-state index contributed by atoms with van der Waals surface area (Å²) in [6, 6.07) is 4.21. The van der Waals surface area contributed by atoms with Crippen molar-refractivity contribution in [2.45, 2.75) is 26.4 Å². The minimum absolute atomic E-state index is 0.0124. The molecule has 1 rings (SSSR count). The molecule has 0 fully saturated rings. The molecule has 0 unspecified atom stereocenters. The SMILES string of the molecule is C#Cc1c(F)cccc1NC(=O)OC(C)(C)C. The van der Waals surface area contributed by atoms with Crippen molar-refractivity contribution in [1.29, 1.82) is 0 Å². The highest BCUT2D eigenvalue weighted by atomic mass is 19.1. The molecule has 0 radical (unpaired) electrons. The van der Waals surface area contributed by atoms with Crippen LogP contribution in [0.1, 0.15) is 26.3 Å². The van der Waals surface area contributed by atoms with Crippen molar-refractivity contribution in [3.8, 4) is 12.3 Å². The largest absolute Gasteiger partial charge is 0.444 e. The predicted octanol–water partition coefficient (Wildman–Crippen LogP) is 3.15. The summed E-state index contributed by atoms with van der Waals surface area (Å²) in [7, 11) is 0. The number of hydrogen-bond acceptors (Lipinski definition) is 2. The first-order valence-corrected chi connectivity index (χ1v) is 5.08. The van der Waals surface area contributed by atoms with Gasteiger partial charge in [-0.15, -0.1) is 6.42 Å². The average Bonchev–Trinajstić information content (AvgIpc) is 2.14. The first-order chi connectivity index (χ1) is 7.83. The molecule has 1 amide bonds. The molecule has 1 aromatic rings. The van der Waals surface area contributed by atoms with Crippen LogP contribution >= 0.6 is 0 Å². The topological polar surface area (TPSA) is 38.3 Å². The smallest absolute Gasteiger partial charge is 0.412 e. The molecule has 1 N–H and O–H groups in total. The van der Waals surface area contributed by atoms with Crippen LogP contribution in [0.15, 0.2) is 18.2 Å². The van der Waals surface area contributed by atoms with Gasteiger partial charge in [-0.25, -0.2) is 9.18 Å². The molecule has 0 aromatic heterocycles. The van der Waals surface area contributed by atoms with Gasteiger partial charge in [0.1, 0.15) is 11.4 Å². The summed E-state index contributed by atoms with van der Waals surface area (Å²) in [5.74, 6) is 1.63. The number of carbonyl (C=O) groups excluding carboxylic acids is 1. The van der Waals surface area contributed by atoms with Gasteiger partial charge in [-0.2, -0.15) is 0 Å². The van der Waals surface area contributed by atoms with Gasteiger partial charge in [0.05, 0.1) is 11.3 Å². The zero-order valence-corrected chi connectivity index (χ0v) is 10.0. The number of amides is 1. The van der Waals surface area contributed by atoms with E-state index in [-0.39, 0.29) is 11.3 Å². The maximum absolute atomic E-state index is 13.3. The minimum Gasteiger partial charge on any atom is -0.444 e. The number of benzene rings is 1. The monoisotopic (exact) mass is 235 g/mol. The minimum atomic E-state index is -0.667. The molecule has 90 valence electrons. The molecular formula is C13H14FNO2. The number of rotatable bonds is 1. The first-order valence-electron chi connectivity index (χ1n) is 5.08. The summed E-state index contributed by atoms with van der Waals surface area (Å²) >= 11 is 0. The molecule has 0 heterocycles. The van der Waals surface area contributed by atoms with E-state index >= 15 is 0 Å². The van der Waals surface area contributed by atoms with Gasteiger partial charge in [-0.3, -0.25) is 5.32 Å². The van der Waals surface area contributed by atoms with Gasteiger partial charge in [0, 0.05) is 0 Å². The molecule has 4 heteroatoms. The zero-order chi connectivity index (χ0) is 13.1. The van der Waals surface area contributed by atoms with E-state index in [0.717, 1.165) is 0 Å². The third-order valence-electron chi connectivity index (χ3n) is 1.79. The number of terminal acetylenes is 1. The lowest BCUT2D eigenvalue weighted by molar-refractivity contribution is 0.0636. The second-order valence-electron chi connectivity index (χ2n) is 4.43. The molecule has 1 aromatic carbocycles. The summed E-state index contributed by atoms with van der Waals surface area (Å²) in [4.78, 5) is 11.5. The van der Waals surface area contributed by atoms with E-state index in [1.807, 2.05) is 0 Å². The van der Waals surface area contributed by atoms with Crippen LogP contribution in [-0.4, -0.2) is 11.7 Å². The van der Waals surface area contributed by atoms with Crippen molar-refractivity contribution >= 4 is 11.8 Å². The Morgan fingerprint density at radius 3 is 2.65 bits per heavy atom. The molecule has 0 aliphatic rings. The van der Waals surface area contributed by atoms with E-state index in [1.54, 1.807) is 20.8 Å². The number of anilines is 1. The number of carbonyl (C=O) groups is 1. The fourth-order valence-corrected chi connectivity index (χ4v) is 1.19. The Morgan fingerprint density at radius 1 is 1.47 bits per heavy atom. The van der Waals surface area contributed by atoms with Crippen molar-refractivity contribution in [1.82, 2.24) is 0 Å². The second kappa shape index (κ2) is 4.88. The van der Waals surface area contributed by atoms with Crippen molar-refractivity contribution < 1.29 is 13.9 Å². The van der Waals surface area contributed by atoms with E-state index in [1.165, 1.54) is 18.2 Å². The summed E-state index contributed by atoms with van der Waals surface area (Å²) in [5.41, 5.74) is -0.381. The van der Waals surface area contributed by atoms with Gasteiger partial charge >= 0.3 is 6.09 Å². The summed E-state index contributed by atoms with van der Waals surface area (Å²) in [6.07, 6.45) is 4.51. The summed E-state index contributed by atoms with van der Waals surface area (Å²) in [6.45, 7) is 5.21. The quantitative estimate of drug-likeness (QED) is 0.759. The van der Waals surface area contributed by atoms with Crippen LogP contribution in [0.4, 0.5) is 14.9 Å². The van der Waals surface area contributed by atoms with Crippen LogP contribution < -0.4 is 5.32 Å². The molecule has 0 saturated carbocycles. The number of nitrogens with one attached hydrogen (secondary N) is 1. The first kappa shape index (κ1) is 13.0. The number of halogens is 1. The van der Waals surface area contributed by atoms with Crippen LogP contribution in [0.2, 0.25) is 0 Å². The molecule has 0 aliphatic heterocycles. The molecule has 17 heavy (non-hydrogen) atoms. The standard InChI is InChI=1S/C13H14FNO2/c1-5-9-10(14)7-6-8-11(9)15-12(16)17-13(2,3)4/h1,6-8H,2-4H3,(H,15,16). The highest BCUT2D eigenvalue weighted by Gasteiger charge is 2.17. The lowest BCUT2D eigenvalue weighted by Crippen LogP contribution is -2.27. The van der Waals surface area contributed by atoms with Crippen molar-refractivity contribution in [3.05, 3.63) is 29.6 Å². The molecule has 0 bridgehead atoms. The highest BCUT2D eigenvalue weighted by molar-refractivity contribution is 5.86. The molecule has 3 nitrogen and oxygen atoms in total. The predicted molar refractivity (Wildman–Crippen MR) is 64.2 cm³/mol. The van der Waals surface area contributed by atoms with Gasteiger partial charge < -0.3 is 4.74 Å². The Bertz CT molecular complexity index is 469. The number of ether oxygens (including phenoxy) is 1. The van der Waals surface area contributed by atoms with Gasteiger partial charge in [-0.05, 0) is 32.9 Å². The molecule has 0 spiro atoms. The summed E-state index contributed by atoms with van der Waals surface area (Å²) < 4.78 is 18.3. The highest BCUT2D eigenvalue weighted by Crippen LogP contribution is 2.18. The van der Waals surface area contributed by atoms with Crippen LogP contribution in [-0.2, 0) is 4.74 Å². The van der Waals surface area contributed by atoms with E-state index in [0.29, 0.717) is 0 Å². The Balaban J connectivity index is 2.87. The third kappa shape index (κ3) is 3.80. The number of hydrogen-bond donors (Lipinski definition) is 1. The van der Waals surface area contributed by atoms with Crippen molar-refractivity contribution in [2.24, 2.45) is 0 Å². The second-order valence-corrected chi connectivity index (χ2v) is 4.43. The maximum atomic E-state index is 13.3. The van der Waals surface area contributed by atoms with Crippen LogP contribution in [0, 0.1) is 18.2 Å². The van der Waals surface area contributed by atoms with Gasteiger partial charge in [0.25, 0.3) is 0 Å². The fraction of sp³-hybridized carbons (Fsp3) is 0.308. The van der Waals surface area contributed by atoms with Crippen LogP contribution in [0.25, 0.3) is 0 Å². The Kier molecular flexibility index (Phi) is 3.74. The molecule has 0 saturated heterocycles. The summed E-state index contributed by atoms with van der Waals surface area (Å²) in [5, 5.41) is 2.42. The van der Waals surface area contributed by atoms with E-state index in [4.69, 9.17) is 11.2 Å². The zero-order valence-electron chi connectivity index (χ0n) is 10.0. The van der Waals surface area contributed by atoms with Crippen molar-refractivity contribution in [3.63, 3.8) is 0 Å². The molecule has 0 atom stereocenters. The lowest BCUT2D eigenvalue weighted by Gasteiger charge is -2.20. The molecular weight excluding hydrogens is 221 g/mol. The van der Waals surface area contributed by atoms with E-state index in [9.17, 15) is 9.18 Å². The van der Waals surface area contributed by atoms with Crippen LogP contribution in [0.3, 0.4) is 0 Å². The van der Waals surface area contributed by atoms with Gasteiger partial charge in [0.15, 0.2) is 0 Å². The third-order valence-corrected chi connectivity index (χ3v) is 1.79. The maximum Gasteiger partial charge on any atom is 0.412 e. The normalized spacial score (nSPS) is 10.5. The van der Waals surface area contributed by atoms with Crippen LogP contribution in [0.5, 0.6) is 0 Å². The van der Waals surface area contributed by atoms with Gasteiger partial charge in [-0.1, -0.05) is 12.0 Å². The average molecular weight is 235 g/mol. The lowest BCUT2D eigenvalue weighted by atomic mass is 10.1. The molecule has 0 aliphatic carbocycles.